The fraction of sp³-hybridized carbons (Fsp3) is 0.647. The van der Waals surface area contributed by atoms with Crippen molar-refractivity contribution in [2.75, 3.05) is 14.2 Å². The van der Waals surface area contributed by atoms with Crippen molar-refractivity contribution >= 4 is 0 Å². The zero-order valence-corrected chi connectivity index (χ0v) is 12.3. The zero-order valence-electron chi connectivity index (χ0n) is 12.3. The van der Waals surface area contributed by atoms with Gasteiger partial charge in [-0.2, -0.15) is 0 Å². The first kappa shape index (κ1) is 14.4. The van der Waals surface area contributed by atoms with Crippen LogP contribution in [0.15, 0.2) is 24.3 Å². The summed E-state index contributed by atoms with van der Waals surface area (Å²) >= 11 is 0. The molecule has 106 valence electrons. The van der Waals surface area contributed by atoms with E-state index < -0.39 is 0 Å². The SMILES string of the molecule is CNC(c1ccc(OC)cc1)C1CCCCCCC1. The predicted octanol–water partition coefficient (Wildman–Crippen LogP) is 4.32. The van der Waals surface area contributed by atoms with E-state index >= 15 is 0 Å². The number of benzene rings is 1. The van der Waals surface area contributed by atoms with Gasteiger partial charge in [-0.25, -0.2) is 0 Å². The van der Waals surface area contributed by atoms with Gasteiger partial charge in [0.25, 0.3) is 0 Å². The van der Waals surface area contributed by atoms with Crippen molar-refractivity contribution in [1.29, 1.82) is 0 Å². The van der Waals surface area contributed by atoms with Crippen LogP contribution >= 0.6 is 0 Å². The molecule has 1 atom stereocenters. The number of methoxy groups -OCH3 is 1. The molecule has 0 heterocycles. The molecule has 0 aromatic heterocycles. The van der Waals surface area contributed by atoms with Gasteiger partial charge < -0.3 is 10.1 Å². The van der Waals surface area contributed by atoms with Crippen LogP contribution in [-0.2, 0) is 0 Å². The largest absolute Gasteiger partial charge is 0.497 e. The van der Waals surface area contributed by atoms with Gasteiger partial charge in [0.2, 0.25) is 0 Å². The lowest BCUT2D eigenvalue weighted by molar-refractivity contribution is 0.299. The topological polar surface area (TPSA) is 21.3 Å². The Labute approximate surface area is 117 Å². The van der Waals surface area contributed by atoms with Crippen LogP contribution < -0.4 is 10.1 Å². The summed E-state index contributed by atoms with van der Waals surface area (Å²) in [6, 6.07) is 9.05. The highest BCUT2D eigenvalue weighted by Crippen LogP contribution is 2.33. The first-order valence-corrected chi connectivity index (χ1v) is 7.66. The number of ether oxygens (including phenoxy) is 1. The van der Waals surface area contributed by atoms with Crippen molar-refractivity contribution in [1.82, 2.24) is 5.32 Å². The van der Waals surface area contributed by atoms with E-state index in [4.69, 9.17) is 4.74 Å². The van der Waals surface area contributed by atoms with Crippen molar-refractivity contribution in [3.8, 4) is 5.75 Å². The minimum atomic E-state index is 0.490. The first-order chi connectivity index (χ1) is 9.35. The summed E-state index contributed by atoms with van der Waals surface area (Å²) < 4.78 is 5.24. The van der Waals surface area contributed by atoms with E-state index in [1.807, 2.05) is 0 Å². The maximum Gasteiger partial charge on any atom is 0.118 e. The normalized spacial score (nSPS) is 19.5. The van der Waals surface area contributed by atoms with Crippen LogP contribution in [0, 0.1) is 5.92 Å². The van der Waals surface area contributed by atoms with Gasteiger partial charge in [0.05, 0.1) is 7.11 Å². The fourth-order valence-electron chi connectivity index (χ4n) is 3.31. The van der Waals surface area contributed by atoms with Crippen molar-refractivity contribution < 1.29 is 4.74 Å². The number of hydrogen-bond acceptors (Lipinski definition) is 2. The van der Waals surface area contributed by atoms with E-state index in [0.717, 1.165) is 11.7 Å². The van der Waals surface area contributed by atoms with E-state index in [0.29, 0.717) is 6.04 Å². The molecule has 1 N–H and O–H groups in total. The maximum atomic E-state index is 5.24. The van der Waals surface area contributed by atoms with Gasteiger partial charge in [0.15, 0.2) is 0 Å². The summed E-state index contributed by atoms with van der Waals surface area (Å²) in [5.74, 6) is 1.72. The van der Waals surface area contributed by atoms with Crippen molar-refractivity contribution in [2.45, 2.75) is 51.0 Å². The van der Waals surface area contributed by atoms with E-state index in [1.165, 1.54) is 50.5 Å². The minimum Gasteiger partial charge on any atom is -0.497 e. The van der Waals surface area contributed by atoms with Crippen molar-refractivity contribution in [3.63, 3.8) is 0 Å². The third-order valence-electron chi connectivity index (χ3n) is 4.41. The Bertz CT molecular complexity index is 352. The molecule has 1 aromatic carbocycles. The average Bonchev–Trinajstić information content (AvgIpc) is 2.42. The molecule has 0 radical (unpaired) electrons. The molecular weight excluding hydrogens is 234 g/mol. The second-order valence-electron chi connectivity index (χ2n) is 5.64. The van der Waals surface area contributed by atoms with Crippen LogP contribution in [0.25, 0.3) is 0 Å². The molecule has 1 aliphatic carbocycles. The van der Waals surface area contributed by atoms with E-state index in [1.54, 1.807) is 7.11 Å². The van der Waals surface area contributed by atoms with E-state index in [-0.39, 0.29) is 0 Å². The number of rotatable bonds is 4. The molecule has 2 rings (SSSR count). The molecule has 1 aromatic rings. The standard InChI is InChI=1S/C17H27NO/c1-18-17(14-8-6-4-3-5-7-9-14)15-10-12-16(19-2)13-11-15/h10-14,17-18H,3-9H2,1-2H3. The molecule has 2 nitrogen and oxygen atoms in total. The summed E-state index contributed by atoms with van der Waals surface area (Å²) in [5.41, 5.74) is 1.40. The molecule has 0 bridgehead atoms. The molecule has 0 aliphatic heterocycles. The van der Waals surface area contributed by atoms with Gasteiger partial charge in [0, 0.05) is 6.04 Å². The Morgan fingerprint density at radius 2 is 1.58 bits per heavy atom. The highest BCUT2D eigenvalue weighted by atomic mass is 16.5. The minimum absolute atomic E-state index is 0.490. The Morgan fingerprint density at radius 1 is 1.00 bits per heavy atom. The highest BCUT2D eigenvalue weighted by Gasteiger charge is 2.22. The van der Waals surface area contributed by atoms with E-state index in [2.05, 4.69) is 36.6 Å². The first-order valence-electron chi connectivity index (χ1n) is 7.66. The molecule has 1 unspecified atom stereocenters. The van der Waals surface area contributed by atoms with Crippen molar-refractivity contribution in [2.24, 2.45) is 5.92 Å². The zero-order chi connectivity index (χ0) is 13.5. The molecule has 1 aliphatic rings. The van der Waals surface area contributed by atoms with Gasteiger partial charge >= 0.3 is 0 Å². The van der Waals surface area contributed by atoms with Crippen LogP contribution in [0.3, 0.4) is 0 Å². The van der Waals surface area contributed by atoms with Crippen molar-refractivity contribution in [3.05, 3.63) is 29.8 Å². The molecule has 0 spiro atoms. The lowest BCUT2D eigenvalue weighted by atomic mass is 9.83. The summed E-state index contributed by atoms with van der Waals surface area (Å²) in [5, 5.41) is 3.53. The Balaban J connectivity index is 2.07. The molecule has 0 saturated heterocycles. The van der Waals surface area contributed by atoms with E-state index in [9.17, 15) is 0 Å². The molecular formula is C17H27NO. The predicted molar refractivity (Wildman–Crippen MR) is 80.6 cm³/mol. The molecule has 1 saturated carbocycles. The summed E-state index contributed by atoms with van der Waals surface area (Å²) in [6.07, 6.45) is 9.75. The van der Waals surface area contributed by atoms with Gasteiger partial charge in [-0.05, 0) is 43.5 Å². The molecule has 0 amide bonds. The number of hydrogen-bond donors (Lipinski definition) is 1. The van der Waals surface area contributed by atoms with Gasteiger partial charge in [0.1, 0.15) is 5.75 Å². The quantitative estimate of drug-likeness (QED) is 0.871. The second-order valence-corrected chi connectivity index (χ2v) is 5.64. The van der Waals surface area contributed by atoms with Gasteiger partial charge in [-0.15, -0.1) is 0 Å². The Hall–Kier alpha value is -1.02. The van der Waals surface area contributed by atoms with Crippen LogP contribution in [0.4, 0.5) is 0 Å². The van der Waals surface area contributed by atoms with Crippen LogP contribution in [0.1, 0.15) is 56.6 Å². The van der Waals surface area contributed by atoms with Crippen LogP contribution in [0.2, 0.25) is 0 Å². The van der Waals surface area contributed by atoms with Crippen LogP contribution in [0.5, 0.6) is 5.75 Å². The summed E-state index contributed by atoms with van der Waals surface area (Å²) in [7, 11) is 3.81. The lowest BCUT2D eigenvalue weighted by Crippen LogP contribution is -2.26. The Kier molecular flexibility index (Phi) is 5.71. The summed E-state index contributed by atoms with van der Waals surface area (Å²) in [6.45, 7) is 0. The third-order valence-corrected chi connectivity index (χ3v) is 4.41. The smallest absolute Gasteiger partial charge is 0.118 e. The average molecular weight is 261 g/mol. The highest BCUT2D eigenvalue weighted by molar-refractivity contribution is 5.29. The number of nitrogens with one attached hydrogen (secondary N) is 1. The Morgan fingerprint density at radius 3 is 2.11 bits per heavy atom. The van der Waals surface area contributed by atoms with Gasteiger partial charge in [-0.1, -0.05) is 44.2 Å². The third kappa shape index (κ3) is 3.97. The van der Waals surface area contributed by atoms with Crippen LogP contribution in [-0.4, -0.2) is 14.2 Å². The molecule has 1 fully saturated rings. The molecule has 19 heavy (non-hydrogen) atoms. The fourth-order valence-corrected chi connectivity index (χ4v) is 3.31. The van der Waals surface area contributed by atoms with Gasteiger partial charge in [-0.3, -0.25) is 0 Å². The maximum absolute atomic E-state index is 5.24. The second kappa shape index (κ2) is 7.54. The molecule has 2 heteroatoms. The monoisotopic (exact) mass is 261 g/mol. The lowest BCUT2D eigenvalue weighted by Gasteiger charge is -2.29. The summed E-state index contributed by atoms with van der Waals surface area (Å²) in [4.78, 5) is 0.